The van der Waals surface area contributed by atoms with E-state index in [2.05, 4.69) is 15.5 Å². The van der Waals surface area contributed by atoms with E-state index in [1.165, 1.54) is 26.0 Å². The molecule has 0 aliphatic heterocycles. The molecule has 11 heteroatoms. The Balaban J connectivity index is 1.70. The maximum Gasteiger partial charge on any atom is 0.234 e. The van der Waals surface area contributed by atoms with Gasteiger partial charge in [-0.15, -0.1) is 10.2 Å². The number of rotatable bonds is 7. The third-order valence-electron chi connectivity index (χ3n) is 4.09. The summed E-state index contributed by atoms with van der Waals surface area (Å²) in [7, 11) is 4.80. The van der Waals surface area contributed by atoms with Crippen LogP contribution in [0.15, 0.2) is 35.5 Å². The number of nitrogens with one attached hydrogen (secondary N) is 1. The smallest absolute Gasteiger partial charge is 0.234 e. The number of amides is 1. The maximum atomic E-state index is 12.5. The topological polar surface area (TPSA) is 78.3 Å². The molecule has 158 valence electrons. The zero-order chi connectivity index (χ0) is 21.8. The van der Waals surface area contributed by atoms with E-state index in [-0.39, 0.29) is 11.7 Å². The molecule has 0 saturated carbocycles. The van der Waals surface area contributed by atoms with Crippen LogP contribution in [-0.4, -0.2) is 40.6 Å². The lowest BCUT2D eigenvalue weighted by atomic mass is 10.2. The van der Waals surface area contributed by atoms with Gasteiger partial charge in [0.25, 0.3) is 0 Å². The van der Waals surface area contributed by atoms with Crippen molar-refractivity contribution in [1.82, 2.24) is 14.8 Å². The highest BCUT2D eigenvalue weighted by atomic mass is 35.5. The number of halogens is 3. The number of thioether (sulfide) groups is 1. The predicted molar refractivity (Wildman–Crippen MR) is 120 cm³/mol. The Morgan fingerprint density at radius 3 is 2.43 bits per heavy atom. The van der Waals surface area contributed by atoms with E-state index in [0.29, 0.717) is 43.2 Å². The molecule has 1 aromatic heterocycles. The first-order valence-corrected chi connectivity index (χ1v) is 10.6. The van der Waals surface area contributed by atoms with Gasteiger partial charge >= 0.3 is 0 Å². The van der Waals surface area contributed by atoms with Crippen molar-refractivity contribution in [2.24, 2.45) is 7.05 Å². The van der Waals surface area contributed by atoms with Crippen LogP contribution in [0.2, 0.25) is 15.1 Å². The Labute approximate surface area is 192 Å². The summed E-state index contributed by atoms with van der Waals surface area (Å²) in [6.07, 6.45) is 0. The average molecular weight is 488 g/mol. The summed E-state index contributed by atoms with van der Waals surface area (Å²) in [5.74, 6) is 1.34. The number of anilines is 1. The largest absolute Gasteiger partial charge is 0.495 e. The molecule has 0 bridgehead atoms. The fourth-order valence-corrected chi connectivity index (χ4v) is 3.84. The van der Waals surface area contributed by atoms with Gasteiger partial charge in [-0.1, -0.05) is 46.6 Å². The van der Waals surface area contributed by atoms with Crippen LogP contribution in [0.4, 0.5) is 5.69 Å². The summed E-state index contributed by atoms with van der Waals surface area (Å²) in [5.41, 5.74) is 1.23. The molecule has 7 nitrogen and oxygen atoms in total. The van der Waals surface area contributed by atoms with Crippen LogP contribution >= 0.6 is 46.6 Å². The van der Waals surface area contributed by atoms with Crippen LogP contribution in [0, 0.1) is 0 Å². The first kappa shape index (κ1) is 22.6. The molecule has 0 aliphatic carbocycles. The number of hydrogen-bond donors (Lipinski definition) is 1. The van der Waals surface area contributed by atoms with Crippen molar-refractivity contribution in [2.45, 2.75) is 5.16 Å². The fraction of sp³-hybridized carbons (Fsp3) is 0.211. The number of benzene rings is 2. The number of hydrogen-bond acceptors (Lipinski definition) is 6. The highest BCUT2D eigenvalue weighted by Crippen LogP contribution is 2.36. The molecule has 2 aromatic carbocycles. The molecule has 0 unspecified atom stereocenters. The van der Waals surface area contributed by atoms with Crippen molar-refractivity contribution in [3.63, 3.8) is 0 Å². The number of ether oxygens (including phenoxy) is 2. The monoisotopic (exact) mass is 486 g/mol. The highest BCUT2D eigenvalue weighted by Gasteiger charge is 2.16. The van der Waals surface area contributed by atoms with Crippen molar-refractivity contribution in [1.29, 1.82) is 0 Å². The standard InChI is InChI=1S/C19H17Cl3N4O3S/c1-26-18(10-4-5-11(20)12(21)6-10)24-25-19(26)30-9-17(27)23-14-8-15(28-2)13(22)7-16(14)29-3/h4-8H,9H2,1-3H3,(H,23,27). The van der Waals surface area contributed by atoms with Gasteiger partial charge in [0.2, 0.25) is 5.91 Å². The molecule has 3 aromatic rings. The number of aromatic nitrogens is 3. The summed E-state index contributed by atoms with van der Waals surface area (Å²) in [6.45, 7) is 0. The summed E-state index contributed by atoms with van der Waals surface area (Å²) in [5, 5.41) is 13.0. The lowest BCUT2D eigenvalue weighted by Gasteiger charge is -2.13. The SMILES string of the molecule is COc1cc(NC(=O)CSc2nnc(-c3ccc(Cl)c(Cl)c3)n2C)c(OC)cc1Cl. The van der Waals surface area contributed by atoms with E-state index in [4.69, 9.17) is 44.3 Å². The van der Waals surface area contributed by atoms with Crippen molar-refractivity contribution >= 4 is 58.2 Å². The molecule has 30 heavy (non-hydrogen) atoms. The molecule has 0 aliphatic rings. The molecular weight excluding hydrogens is 471 g/mol. The van der Waals surface area contributed by atoms with E-state index >= 15 is 0 Å². The molecule has 0 spiro atoms. The minimum atomic E-state index is -0.248. The van der Waals surface area contributed by atoms with Crippen molar-refractivity contribution in [3.05, 3.63) is 45.4 Å². The van der Waals surface area contributed by atoms with Gasteiger partial charge in [-0.2, -0.15) is 0 Å². The summed E-state index contributed by atoms with van der Waals surface area (Å²) >= 11 is 19.4. The van der Waals surface area contributed by atoms with Crippen LogP contribution in [-0.2, 0) is 11.8 Å². The minimum Gasteiger partial charge on any atom is -0.495 e. The first-order chi connectivity index (χ1) is 14.3. The molecule has 0 fully saturated rings. The van der Waals surface area contributed by atoms with Crippen molar-refractivity contribution in [2.75, 3.05) is 25.3 Å². The minimum absolute atomic E-state index is 0.113. The lowest BCUT2D eigenvalue weighted by molar-refractivity contribution is -0.113. The van der Waals surface area contributed by atoms with Crippen LogP contribution in [0.5, 0.6) is 11.5 Å². The third kappa shape index (κ3) is 4.95. The van der Waals surface area contributed by atoms with E-state index in [1.807, 2.05) is 7.05 Å². The van der Waals surface area contributed by atoms with Crippen LogP contribution in [0.25, 0.3) is 11.4 Å². The van der Waals surface area contributed by atoms with Gasteiger partial charge in [-0.25, -0.2) is 0 Å². The molecular formula is C19H17Cl3N4O3S. The molecule has 0 radical (unpaired) electrons. The Hall–Kier alpha value is -2.13. The van der Waals surface area contributed by atoms with Gasteiger partial charge in [-0.05, 0) is 18.2 Å². The van der Waals surface area contributed by atoms with E-state index in [1.54, 1.807) is 34.9 Å². The molecule has 3 rings (SSSR count). The van der Waals surface area contributed by atoms with Gasteiger partial charge in [0.1, 0.15) is 11.5 Å². The molecule has 1 amide bonds. The lowest BCUT2D eigenvalue weighted by Crippen LogP contribution is -2.15. The Kier molecular flexibility index (Phi) is 7.36. The zero-order valence-corrected chi connectivity index (χ0v) is 19.3. The Bertz CT molecular complexity index is 1090. The van der Waals surface area contributed by atoms with Crippen molar-refractivity contribution in [3.8, 4) is 22.9 Å². The van der Waals surface area contributed by atoms with Gasteiger partial charge in [0, 0.05) is 24.7 Å². The zero-order valence-electron chi connectivity index (χ0n) is 16.2. The van der Waals surface area contributed by atoms with E-state index in [9.17, 15) is 4.79 Å². The first-order valence-electron chi connectivity index (χ1n) is 8.53. The van der Waals surface area contributed by atoms with E-state index < -0.39 is 0 Å². The highest BCUT2D eigenvalue weighted by molar-refractivity contribution is 7.99. The molecule has 1 heterocycles. The number of nitrogens with zero attached hydrogens (tertiary/aromatic N) is 3. The van der Waals surface area contributed by atoms with Crippen LogP contribution < -0.4 is 14.8 Å². The Morgan fingerprint density at radius 2 is 1.77 bits per heavy atom. The second kappa shape index (κ2) is 9.78. The molecule has 1 N–H and O–H groups in total. The molecule has 0 saturated heterocycles. The summed E-state index contributed by atoms with van der Waals surface area (Å²) in [6, 6.07) is 8.40. The average Bonchev–Trinajstić information content (AvgIpc) is 3.09. The van der Waals surface area contributed by atoms with Gasteiger partial charge in [0.05, 0.1) is 40.7 Å². The van der Waals surface area contributed by atoms with Crippen LogP contribution in [0.3, 0.4) is 0 Å². The number of methoxy groups -OCH3 is 2. The predicted octanol–water partition coefficient (Wildman–Crippen LogP) is 5.19. The van der Waals surface area contributed by atoms with E-state index in [0.717, 1.165) is 5.56 Å². The van der Waals surface area contributed by atoms with Crippen molar-refractivity contribution < 1.29 is 14.3 Å². The number of carbonyl (C=O) groups is 1. The second-order valence-corrected chi connectivity index (χ2v) is 8.18. The maximum absolute atomic E-state index is 12.5. The van der Waals surface area contributed by atoms with Gasteiger partial charge in [0.15, 0.2) is 11.0 Å². The normalized spacial score (nSPS) is 10.7. The quantitative estimate of drug-likeness (QED) is 0.462. The Morgan fingerprint density at radius 1 is 1.03 bits per heavy atom. The van der Waals surface area contributed by atoms with Gasteiger partial charge in [-0.3, -0.25) is 4.79 Å². The van der Waals surface area contributed by atoms with Gasteiger partial charge < -0.3 is 19.4 Å². The third-order valence-corrected chi connectivity index (χ3v) is 6.15. The van der Waals surface area contributed by atoms with Crippen LogP contribution in [0.1, 0.15) is 0 Å². The second-order valence-electron chi connectivity index (χ2n) is 6.02. The summed E-state index contributed by atoms with van der Waals surface area (Å²) < 4.78 is 12.2. The number of carbonyl (C=O) groups excluding carboxylic acids is 1. The summed E-state index contributed by atoms with van der Waals surface area (Å²) in [4.78, 5) is 12.5. The molecule has 0 atom stereocenters. The fourth-order valence-electron chi connectivity index (χ4n) is 2.60.